The van der Waals surface area contributed by atoms with E-state index in [-0.39, 0.29) is 17.3 Å². The lowest BCUT2D eigenvalue weighted by Crippen LogP contribution is -2.27. The third kappa shape index (κ3) is 3.43. The lowest BCUT2D eigenvalue weighted by atomic mass is 10.0. The van der Waals surface area contributed by atoms with Gasteiger partial charge in [-0.05, 0) is 41.6 Å². The first-order chi connectivity index (χ1) is 15.0. The number of rotatable bonds is 4. The predicted molar refractivity (Wildman–Crippen MR) is 116 cm³/mol. The minimum atomic E-state index is -0.925. The van der Waals surface area contributed by atoms with Crippen molar-refractivity contribution in [3.05, 3.63) is 46.5 Å². The number of carbonyl (C=O) groups is 1. The predicted octanol–water partition coefficient (Wildman–Crippen LogP) is 2.33. The van der Waals surface area contributed by atoms with E-state index < -0.39 is 17.6 Å². The fourth-order valence-corrected chi connectivity index (χ4v) is 5.73. The highest BCUT2D eigenvalue weighted by atomic mass is 35.5. The summed E-state index contributed by atoms with van der Waals surface area (Å²) in [4.78, 5) is 25.2. The lowest BCUT2D eigenvalue weighted by Gasteiger charge is -2.18. The van der Waals surface area contributed by atoms with Crippen molar-refractivity contribution >= 4 is 46.3 Å². The van der Waals surface area contributed by atoms with Crippen LogP contribution in [0.5, 0.6) is 0 Å². The average molecular weight is 462 g/mol. The summed E-state index contributed by atoms with van der Waals surface area (Å²) in [5.41, 5.74) is 3.56. The molecular formula is C20H20ClN5O4S. The van der Waals surface area contributed by atoms with Crippen molar-refractivity contribution in [3.63, 3.8) is 0 Å². The molecule has 1 aliphatic heterocycles. The van der Waals surface area contributed by atoms with Crippen LogP contribution >= 0.6 is 23.4 Å². The Kier molecular flexibility index (Phi) is 5.25. The van der Waals surface area contributed by atoms with E-state index >= 15 is 0 Å². The molecule has 5 rings (SSSR count). The molecule has 2 aromatic heterocycles. The molecule has 9 nitrogen and oxygen atoms in total. The van der Waals surface area contributed by atoms with Crippen molar-refractivity contribution < 1.29 is 19.7 Å². The summed E-state index contributed by atoms with van der Waals surface area (Å²) >= 11 is 7.64. The third-order valence-electron chi connectivity index (χ3n) is 5.78. The van der Waals surface area contributed by atoms with Crippen molar-refractivity contribution in [1.82, 2.24) is 19.5 Å². The first-order valence-corrected chi connectivity index (χ1v) is 11.2. The molecule has 3 heterocycles. The van der Waals surface area contributed by atoms with E-state index in [9.17, 15) is 15.0 Å². The van der Waals surface area contributed by atoms with Crippen LogP contribution in [0.4, 0.5) is 5.82 Å². The zero-order valence-electron chi connectivity index (χ0n) is 16.5. The number of methoxy groups -OCH3 is 1. The molecule has 1 aromatic carbocycles. The molecule has 4 atom stereocenters. The molecule has 1 aliphatic carbocycles. The number of hydrogen-bond donors (Lipinski definition) is 3. The number of halogens is 1. The fraction of sp³-hybridized carbons (Fsp3) is 0.400. The summed E-state index contributed by atoms with van der Waals surface area (Å²) in [7, 11) is 1.38. The number of nitrogens with zero attached hydrogens (tertiary/aromatic N) is 4. The molecule has 0 saturated carbocycles. The molecule has 1 saturated heterocycles. The monoisotopic (exact) mass is 461 g/mol. The number of anilines is 1. The number of nitrogens with one attached hydrogen (secondary N) is 1. The van der Waals surface area contributed by atoms with Crippen molar-refractivity contribution in [3.8, 4) is 0 Å². The van der Waals surface area contributed by atoms with Gasteiger partial charge in [-0.15, -0.1) is 11.8 Å². The number of thioether (sulfide) groups is 1. The zero-order valence-corrected chi connectivity index (χ0v) is 18.1. The van der Waals surface area contributed by atoms with Crippen LogP contribution in [-0.2, 0) is 11.2 Å². The number of aliphatic hydroxyl groups excluding tert-OH is 2. The molecule has 3 N–H and O–H groups in total. The Bertz CT molecular complexity index is 1170. The van der Waals surface area contributed by atoms with E-state index in [1.54, 1.807) is 17.0 Å². The van der Waals surface area contributed by atoms with Gasteiger partial charge in [-0.25, -0.2) is 9.78 Å². The molecule has 0 unspecified atom stereocenters. The maximum absolute atomic E-state index is 12.1. The van der Waals surface area contributed by atoms with Crippen molar-refractivity contribution in [2.75, 3.05) is 18.2 Å². The second-order valence-corrected chi connectivity index (χ2v) is 9.04. The van der Waals surface area contributed by atoms with Crippen molar-refractivity contribution in [2.24, 2.45) is 0 Å². The molecular weight excluding hydrogens is 442 g/mol. The Morgan fingerprint density at radius 2 is 2.19 bits per heavy atom. The van der Waals surface area contributed by atoms with E-state index in [0.29, 0.717) is 28.3 Å². The molecule has 2 aliphatic rings. The maximum atomic E-state index is 12.1. The van der Waals surface area contributed by atoms with Crippen LogP contribution in [0.2, 0.25) is 5.28 Å². The summed E-state index contributed by atoms with van der Waals surface area (Å²) in [6.07, 6.45) is 1.36. The Hall–Kier alpha value is -2.40. The number of aromatic nitrogens is 4. The van der Waals surface area contributed by atoms with Crippen molar-refractivity contribution in [2.45, 2.75) is 36.5 Å². The van der Waals surface area contributed by atoms with Gasteiger partial charge < -0.3 is 20.3 Å². The molecule has 0 spiro atoms. The van der Waals surface area contributed by atoms with E-state index in [4.69, 9.17) is 16.3 Å². The van der Waals surface area contributed by atoms with Gasteiger partial charge in [0.15, 0.2) is 17.0 Å². The average Bonchev–Trinajstić information content (AvgIpc) is 3.45. The van der Waals surface area contributed by atoms with Crippen LogP contribution in [0.1, 0.15) is 39.3 Å². The largest absolute Gasteiger partial charge is 0.465 e. The van der Waals surface area contributed by atoms with Crippen LogP contribution in [0.25, 0.3) is 11.2 Å². The number of esters is 1. The Morgan fingerprint density at radius 3 is 2.94 bits per heavy atom. The van der Waals surface area contributed by atoms with Gasteiger partial charge in [-0.3, -0.25) is 4.57 Å². The van der Waals surface area contributed by atoms with Gasteiger partial charge in [-0.2, -0.15) is 9.97 Å². The highest BCUT2D eigenvalue weighted by Gasteiger charge is 2.37. The van der Waals surface area contributed by atoms with Crippen LogP contribution < -0.4 is 5.32 Å². The van der Waals surface area contributed by atoms with E-state index in [1.165, 1.54) is 18.9 Å². The third-order valence-corrected chi connectivity index (χ3v) is 7.33. The second kappa shape index (κ2) is 7.94. The van der Waals surface area contributed by atoms with E-state index in [1.807, 2.05) is 12.1 Å². The number of ether oxygens (including phenoxy) is 1. The Labute approximate surface area is 186 Å². The topological polar surface area (TPSA) is 122 Å². The van der Waals surface area contributed by atoms with Gasteiger partial charge in [-0.1, -0.05) is 12.1 Å². The van der Waals surface area contributed by atoms with Gasteiger partial charge >= 0.3 is 5.97 Å². The fourth-order valence-electron chi connectivity index (χ4n) is 4.28. The quantitative estimate of drug-likeness (QED) is 0.396. The van der Waals surface area contributed by atoms with Gasteiger partial charge in [0.1, 0.15) is 11.5 Å². The molecule has 31 heavy (non-hydrogen) atoms. The van der Waals surface area contributed by atoms with E-state index in [0.717, 1.165) is 24.0 Å². The molecule has 0 radical (unpaired) electrons. The Morgan fingerprint density at radius 1 is 1.35 bits per heavy atom. The first-order valence-electron chi connectivity index (χ1n) is 9.82. The number of benzene rings is 1. The second-order valence-electron chi connectivity index (χ2n) is 7.55. The SMILES string of the molecule is COC(=O)c1cccc2c1CC[C@H]2Nc1nc(Cl)nc2c1ncn2[C@@H]1SC[C@@H](O)[C@H]1O. The molecule has 3 aromatic rings. The van der Waals surface area contributed by atoms with Crippen molar-refractivity contribution in [1.29, 1.82) is 0 Å². The zero-order chi connectivity index (χ0) is 21.7. The summed E-state index contributed by atoms with van der Waals surface area (Å²) < 4.78 is 6.63. The first kappa shape index (κ1) is 20.5. The maximum Gasteiger partial charge on any atom is 0.338 e. The van der Waals surface area contributed by atoms with Crippen LogP contribution in [0.15, 0.2) is 24.5 Å². The summed E-state index contributed by atoms with van der Waals surface area (Å²) in [5.74, 6) is 0.559. The summed E-state index contributed by atoms with van der Waals surface area (Å²) in [6, 6.07) is 5.52. The molecule has 1 fully saturated rings. The van der Waals surface area contributed by atoms with Crippen LogP contribution in [0, 0.1) is 0 Å². The molecule has 11 heteroatoms. The molecule has 162 valence electrons. The van der Waals surface area contributed by atoms with E-state index in [2.05, 4.69) is 20.3 Å². The van der Waals surface area contributed by atoms with Gasteiger partial charge in [0.2, 0.25) is 5.28 Å². The Balaban J connectivity index is 1.50. The van der Waals surface area contributed by atoms with Gasteiger partial charge in [0, 0.05) is 5.75 Å². The highest BCUT2D eigenvalue weighted by Crippen LogP contribution is 2.40. The normalized spacial score (nSPS) is 25.0. The number of carbonyl (C=O) groups excluding carboxylic acids is 1. The number of fused-ring (bicyclic) bond motifs is 2. The molecule has 0 amide bonds. The number of imidazole rings is 1. The summed E-state index contributed by atoms with van der Waals surface area (Å²) in [6.45, 7) is 0. The minimum Gasteiger partial charge on any atom is -0.465 e. The molecule has 0 bridgehead atoms. The smallest absolute Gasteiger partial charge is 0.338 e. The number of aliphatic hydroxyl groups is 2. The highest BCUT2D eigenvalue weighted by molar-refractivity contribution is 7.99. The summed E-state index contributed by atoms with van der Waals surface area (Å²) in [5, 5.41) is 23.3. The van der Waals surface area contributed by atoms with Crippen LogP contribution in [-0.4, -0.2) is 60.8 Å². The standard InChI is InChI=1S/C20H20ClN5O4S/c1-30-19(29)11-4-2-3-10-9(11)5-6-12(10)23-16-14-17(25-20(21)24-16)26(8-22-14)18-15(28)13(27)7-31-18/h2-4,8,12-13,15,18,27-28H,5-7H2,1H3,(H,23,24,25)/t12-,13-,15-,18-/m1/s1. The minimum absolute atomic E-state index is 0.0521. The van der Waals surface area contributed by atoms with Gasteiger partial charge in [0.05, 0.1) is 31.1 Å². The lowest BCUT2D eigenvalue weighted by molar-refractivity contribution is 0.0313. The van der Waals surface area contributed by atoms with Crippen LogP contribution in [0.3, 0.4) is 0 Å². The van der Waals surface area contributed by atoms with Gasteiger partial charge in [0.25, 0.3) is 0 Å². The number of hydrogen-bond acceptors (Lipinski definition) is 9.